The molecular weight excluding hydrogens is 306 g/mol. The first-order valence-electron chi connectivity index (χ1n) is 7.83. The van der Waals surface area contributed by atoms with E-state index in [0.717, 1.165) is 0 Å². The van der Waals surface area contributed by atoms with Crippen LogP contribution in [-0.4, -0.2) is 30.5 Å². The number of aliphatic hydroxyl groups is 1. The molecule has 1 heterocycles. The van der Waals surface area contributed by atoms with E-state index in [-0.39, 0.29) is 12.2 Å². The van der Waals surface area contributed by atoms with Crippen LogP contribution in [0.1, 0.15) is 29.3 Å². The van der Waals surface area contributed by atoms with E-state index in [0.29, 0.717) is 29.2 Å². The number of ether oxygens (including phenoxy) is 1. The number of carbonyl (C=O) groups is 2. The third-order valence-corrected chi connectivity index (χ3v) is 4.27. The van der Waals surface area contributed by atoms with Gasteiger partial charge in [-0.25, -0.2) is 0 Å². The Bertz CT molecular complexity index is 784. The van der Waals surface area contributed by atoms with Gasteiger partial charge in [-0.05, 0) is 37.3 Å². The molecule has 0 aliphatic carbocycles. The molecule has 1 N–H and O–H groups in total. The van der Waals surface area contributed by atoms with E-state index in [9.17, 15) is 14.7 Å². The number of Topliss-reactive ketones (excluding diaryl/α,β-unsaturated/α-hetero) is 1. The summed E-state index contributed by atoms with van der Waals surface area (Å²) in [7, 11) is 1.60. The predicted octanol–water partition coefficient (Wildman–Crippen LogP) is 2.52. The van der Waals surface area contributed by atoms with Gasteiger partial charge in [-0.1, -0.05) is 18.2 Å². The second kappa shape index (κ2) is 6.09. The van der Waals surface area contributed by atoms with Gasteiger partial charge in [-0.3, -0.25) is 9.59 Å². The smallest absolute Gasteiger partial charge is 0.263 e. The molecule has 1 aliphatic heterocycles. The summed E-state index contributed by atoms with van der Waals surface area (Å²) in [4.78, 5) is 26.4. The lowest BCUT2D eigenvalue weighted by Gasteiger charge is -2.21. The van der Waals surface area contributed by atoms with E-state index in [1.165, 1.54) is 4.90 Å². The van der Waals surface area contributed by atoms with Crippen LogP contribution in [0.4, 0.5) is 5.69 Å². The number of para-hydroxylation sites is 1. The van der Waals surface area contributed by atoms with Crippen molar-refractivity contribution in [3.63, 3.8) is 0 Å². The van der Waals surface area contributed by atoms with E-state index in [4.69, 9.17) is 4.74 Å². The van der Waals surface area contributed by atoms with Gasteiger partial charge in [0.2, 0.25) is 0 Å². The number of benzene rings is 2. The van der Waals surface area contributed by atoms with E-state index >= 15 is 0 Å². The highest BCUT2D eigenvalue weighted by molar-refractivity contribution is 6.10. The minimum atomic E-state index is -1.82. The maximum absolute atomic E-state index is 12.6. The molecule has 24 heavy (non-hydrogen) atoms. The van der Waals surface area contributed by atoms with Crippen molar-refractivity contribution in [2.24, 2.45) is 0 Å². The molecule has 1 aliphatic rings. The lowest BCUT2D eigenvalue weighted by atomic mass is 9.88. The average molecular weight is 325 g/mol. The first kappa shape index (κ1) is 16.2. The van der Waals surface area contributed by atoms with Gasteiger partial charge in [0.05, 0.1) is 18.7 Å². The molecule has 2 aromatic carbocycles. The summed E-state index contributed by atoms with van der Waals surface area (Å²) in [5, 5.41) is 10.9. The Morgan fingerprint density at radius 2 is 1.83 bits per heavy atom. The van der Waals surface area contributed by atoms with Gasteiger partial charge in [0.25, 0.3) is 5.91 Å². The van der Waals surface area contributed by atoms with Crippen LogP contribution < -0.4 is 9.64 Å². The van der Waals surface area contributed by atoms with E-state index in [1.807, 2.05) is 6.92 Å². The molecule has 0 fully saturated rings. The monoisotopic (exact) mass is 325 g/mol. The SMILES string of the molecule is CCOc1ccc(C(=O)CC2(O)C(=O)N(C)c3ccccc32)cc1. The summed E-state index contributed by atoms with van der Waals surface area (Å²) in [6.45, 7) is 2.43. The van der Waals surface area contributed by atoms with Crippen molar-refractivity contribution < 1.29 is 19.4 Å². The Morgan fingerprint density at radius 1 is 1.17 bits per heavy atom. The van der Waals surface area contributed by atoms with Crippen molar-refractivity contribution in [3.05, 3.63) is 59.7 Å². The van der Waals surface area contributed by atoms with Gasteiger partial charge >= 0.3 is 0 Å². The number of nitrogens with zero attached hydrogens (tertiary/aromatic N) is 1. The number of ketones is 1. The van der Waals surface area contributed by atoms with Crippen LogP contribution >= 0.6 is 0 Å². The molecule has 124 valence electrons. The molecule has 0 bridgehead atoms. The summed E-state index contributed by atoms with van der Waals surface area (Å²) in [6, 6.07) is 13.7. The highest BCUT2D eigenvalue weighted by Crippen LogP contribution is 2.41. The van der Waals surface area contributed by atoms with E-state index in [1.54, 1.807) is 55.6 Å². The van der Waals surface area contributed by atoms with Crippen LogP contribution in [-0.2, 0) is 10.4 Å². The zero-order valence-electron chi connectivity index (χ0n) is 13.7. The summed E-state index contributed by atoms with van der Waals surface area (Å²) in [5.74, 6) is -0.100. The average Bonchev–Trinajstić information content (AvgIpc) is 2.78. The zero-order chi connectivity index (χ0) is 17.3. The Kier molecular flexibility index (Phi) is 4.11. The van der Waals surface area contributed by atoms with Gasteiger partial charge in [-0.15, -0.1) is 0 Å². The van der Waals surface area contributed by atoms with Gasteiger partial charge < -0.3 is 14.7 Å². The number of amides is 1. The van der Waals surface area contributed by atoms with Crippen LogP contribution in [0.15, 0.2) is 48.5 Å². The third kappa shape index (κ3) is 2.57. The predicted molar refractivity (Wildman–Crippen MR) is 90.3 cm³/mol. The molecule has 5 heteroatoms. The molecule has 1 unspecified atom stereocenters. The second-order valence-corrected chi connectivity index (χ2v) is 5.80. The summed E-state index contributed by atoms with van der Waals surface area (Å²) >= 11 is 0. The van der Waals surface area contributed by atoms with Crippen LogP contribution in [0.3, 0.4) is 0 Å². The number of carbonyl (C=O) groups excluding carboxylic acids is 2. The number of hydrogen-bond donors (Lipinski definition) is 1. The molecule has 1 amide bonds. The molecule has 1 atom stereocenters. The largest absolute Gasteiger partial charge is 0.494 e. The maximum atomic E-state index is 12.6. The van der Waals surface area contributed by atoms with E-state index < -0.39 is 11.5 Å². The van der Waals surface area contributed by atoms with Gasteiger partial charge in [0.1, 0.15) is 5.75 Å². The summed E-state index contributed by atoms with van der Waals surface area (Å²) < 4.78 is 5.35. The summed E-state index contributed by atoms with van der Waals surface area (Å²) in [6.07, 6.45) is -0.291. The quantitative estimate of drug-likeness (QED) is 0.858. The Hall–Kier alpha value is -2.66. The van der Waals surface area contributed by atoms with E-state index in [2.05, 4.69) is 0 Å². The summed E-state index contributed by atoms with van der Waals surface area (Å²) in [5.41, 5.74) is -0.283. The second-order valence-electron chi connectivity index (χ2n) is 5.80. The normalized spacial score (nSPS) is 19.3. The van der Waals surface area contributed by atoms with Gasteiger partial charge in [-0.2, -0.15) is 0 Å². The minimum absolute atomic E-state index is 0.291. The standard InChI is InChI=1S/C19H19NO4/c1-3-24-14-10-8-13(9-11-14)17(21)12-19(23)15-6-4-5-7-16(15)20(2)18(19)22/h4-11,23H,3,12H2,1-2H3. The third-order valence-electron chi connectivity index (χ3n) is 4.27. The molecular formula is C19H19NO4. The van der Waals surface area contributed by atoms with Crippen molar-refractivity contribution in [1.82, 2.24) is 0 Å². The van der Waals surface area contributed by atoms with Crippen molar-refractivity contribution in [3.8, 4) is 5.75 Å². The number of rotatable bonds is 5. The molecule has 5 nitrogen and oxygen atoms in total. The lowest BCUT2D eigenvalue weighted by molar-refractivity contribution is -0.135. The fourth-order valence-electron chi connectivity index (χ4n) is 3.03. The maximum Gasteiger partial charge on any atom is 0.263 e. The van der Waals surface area contributed by atoms with Crippen molar-refractivity contribution in [2.75, 3.05) is 18.6 Å². The Morgan fingerprint density at radius 3 is 2.50 bits per heavy atom. The molecule has 0 saturated heterocycles. The van der Waals surface area contributed by atoms with Crippen LogP contribution in [0.2, 0.25) is 0 Å². The number of hydrogen-bond acceptors (Lipinski definition) is 4. The van der Waals surface area contributed by atoms with Crippen LogP contribution in [0, 0.1) is 0 Å². The number of fused-ring (bicyclic) bond motifs is 1. The molecule has 0 radical (unpaired) electrons. The molecule has 0 spiro atoms. The van der Waals surface area contributed by atoms with Crippen molar-refractivity contribution >= 4 is 17.4 Å². The highest BCUT2D eigenvalue weighted by atomic mass is 16.5. The first-order chi connectivity index (χ1) is 11.5. The topological polar surface area (TPSA) is 66.8 Å². The zero-order valence-corrected chi connectivity index (χ0v) is 13.7. The minimum Gasteiger partial charge on any atom is -0.494 e. The van der Waals surface area contributed by atoms with Crippen molar-refractivity contribution in [2.45, 2.75) is 18.9 Å². The number of anilines is 1. The highest BCUT2D eigenvalue weighted by Gasteiger charge is 2.49. The van der Waals surface area contributed by atoms with Crippen molar-refractivity contribution in [1.29, 1.82) is 0 Å². The van der Waals surface area contributed by atoms with Gasteiger partial charge in [0, 0.05) is 18.2 Å². The lowest BCUT2D eigenvalue weighted by Crippen LogP contribution is -2.40. The fraction of sp³-hybridized carbons (Fsp3) is 0.263. The van der Waals surface area contributed by atoms with Crippen LogP contribution in [0.5, 0.6) is 5.75 Å². The molecule has 0 saturated carbocycles. The molecule has 0 aromatic heterocycles. The number of likely N-dealkylation sites (N-methyl/N-ethyl adjacent to an activating group) is 1. The Balaban J connectivity index is 1.87. The van der Waals surface area contributed by atoms with Crippen LogP contribution in [0.25, 0.3) is 0 Å². The fourth-order valence-corrected chi connectivity index (χ4v) is 3.03. The Labute approximate surface area is 140 Å². The molecule has 2 aromatic rings. The van der Waals surface area contributed by atoms with Gasteiger partial charge in [0.15, 0.2) is 11.4 Å². The first-order valence-corrected chi connectivity index (χ1v) is 7.83. The molecule has 3 rings (SSSR count).